The van der Waals surface area contributed by atoms with E-state index in [0.29, 0.717) is 0 Å². The monoisotopic (exact) mass is 719 g/mol. The maximum atomic E-state index is 13.3. The zero-order valence-electron chi connectivity index (χ0n) is 27.6. The zero-order chi connectivity index (χ0) is 38.7. The summed E-state index contributed by atoms with van der Waals surface area (Å²) < 4.78 is 0. The van der Waals surface area contributed by atoms with Gasteiger partial charge in [0.25, 0.3) is 0 Å². The highest BCUT2D eigenvalue weighted by Gasteiger charge is 2.34. The predicted molar refractivity (Wildman–Crippen MR) is 166 cm³/mol. The lowest BCUT2D eigenvalue weighted by molar-refractivity contribution is -0.144. The summed E-state index contributed by atoms with van der Waals surface area (Å²) in [6.45, 7) is 2.67. The third-order valence-electron chi connectivity index (χ3n) is 6.84. The Morgan fingerprint density at radius 1 is 0.520 bits per heavy atom. The van der Waals surface area contributed by atoms with Crippen LogP contribution in [0.4, 0.5) is 0 Å². The Bertz CT molecular complexity index is 1280. The molecule has 0 bridgehead atoms. The van der Waals surface area contributed by atoms with Crippen LogP contribution in [0.15, 0.2) is 0 Å². The van der Waals surface area contributed by atoms with Crippen LogP contribution in [0.3, 0.4) is 0 Å². The van der Waals surface area contributed by atoms with Gasteiger partial charge in [0.2, 0.25) is 35.4 Å². The number of aliphatic hydroxyl groups is 1. The van der Waals surface area contributed by atoms with Gasteiger partial charge >= 0.3 is 23.9 Å². The molecule has 0 radical (unpaired) electrons. The summed E-state index contributed by atoms with van der Waals surface area (Å²) in [7, 11) is 0. The molecule has 13 N–H and O–H groups in total. The van der Waals surface area contributed by atoms with Crippen LogP contribution in [-0.4, -0.2) is 134 Å². The van der Waals surface area contributed by atoms with Crippen molar-refractivity contribution in [1.29, 1.82) is 0 Å². The van der Waals surface area contributed by atoms with Crippen molar-refractivity contribution in [3.8, 4) is 0 Å². The van der Waals surface area contributed by atoms with Crippen molar-refractivity contribution in [3.05, 3.63) is 0 Å². The van der Waals surface area contributed by atoms with Gasteiger partial charge in [-0.2, -0.15) is 0 Å². The largest absolute Gasteiger partial charge is 0.481 e. The van der Waals surface area contributed by atoms with Crippen molar-refractivity contribution >= 4 is 59.3 Å². The molecule has 6 atom stereocenters. The number of carbonyl (C=O) groups is 10. The summed E-state index contributed by atoms with van der Waals surface area (Å²) in [6.07, 6.45) is -3.47. The highest BCUT2D eigenvalue weighted by Crippen LogP contribution is 2.08. The van der Waals surface area contributed by atoms with E-state index in [1.807, 2.05) is 5.32 Å². The summed E-state index contributed by atoms with van der Waals surface area (Å²) in [5.41, 5.74) is 5.20. The van der Waals surface area contributed by atoms with Gasteiger partial charge < -0.3 is 63.2 Å². The average molecular weight is 720 g/mol. The van der Waals surface area contributed by atoms with Gasteiger partial charge in [0.15, 0.2) is 0 Å². The van der Waals surface area contributed by atoms with Crippen LogP contribution in [0.5, 0.6) is 0 Å². The van der Waals surface area contributed by atoms with Crippen LogP contribution in [0.2, 0.25) is 0 Å². The van der Waals surface area contributed by atoms with E-state index < -0.39 is 153 Å². The molecule has 0 aliphatic rings. The number of carboxylic acids is 4. The molecule has 0 rings (SSSR count). The van der Waals surface area contributed by atoms with E-state index in [-0.39, 0.29) is 0 Å². The molecule has 0 aromatic carbocycles. The number of amides is 6. The average Bonchev–Trinajstić information content (AvgIpc) is 3.02. The van der Waals surface area contributed by atoms with Crippen molar-refractivity contribution in [3.63, 3.8) is 0 Å². The second-order valence-corrected chi connectivity index (χ2v) is 11.3. The van der Waals surface area contributed by atoms with Gasteiger partial charge in [0.05, 0.1) is 13.2 Å². The Balaban J connectivity index is 6.02. The number of hydrogen-bond acceptors (Lipinski definition) is 12. The van der Waals surface area contributed by atoms with Gasteiger partial charge in [0, 0.05) is 19.3 Å². The number of nitrogens with two attached hydrogens (primary N) is 1. The summed E-state index contributed by atoms with van der Waals surface area (Å²) in [6, 6.07) is -9.41. The van der Waals surface area contributed by atoms with Crippen LogP contribution < -0.4 is 37.6 Å². The van der Waals surface area contributed by atoms with Gasteiger partial charge in [-0.15, -0.1) is 0 Å². The smallest absolute Gasteiger partial charge is 0.326 e. The SMILES string of the molecule is CC(C)[C@H](NC(=O)[C@H](CCC(=O)O)NC(=O)[C@H](CCC(=O)O)NC(=O)[C@H](C)NC(=O)CN)C(=O)N[C@@H](CO)C(=O)N[C@@H](CCC(=O)O)C(=O)O. The summed E-state index contributed by atoms with van der Waals surface area (Å²) >= 11 is 0. The van der Waals surface area contributed by atoms with Crippen molar-refractivity contribution in [2.45, 2.75) is 95.5 Å². The molecule has 22 heteroatoms. The quantitative estimate of drug-likeness (QED) is 0.0445. The molecular formula is C28H45N7O15. The van der Waals surface area contributed by atoms with E-state index in [2.05, 4.69) is 26.6 Å². The second kappa shape index (κ2) is 22.3. The summed E-state index contributed by atoms with van der Waals surface area (Å²) in [5, 5.41) is 59.3. The van der Waals surface area contributed by atoms with Crippen LogP contribution in [0.1, 0.15) is 59.3 Å². The molecule has 0 aliphatic carbocycles. The van der Waals surface area contributed by atoms with E-state index >= 15 is 0 Å². The van der Waals surface area contributed by atoms with E-state index in [1.54, 1.807) is 0 Å². The minimum absolute atomic E-state index is 0.454. The topological polar surface area (TPSA) is 370 Å². The van der Waals surface area contributed by atoms with Crippen molar-refractivity contribution < 1.29 is 73.5 Å². The fourth-order valence-corrected chi connectivity index (χ4v) is 4.05. The molecule has 0 heterocycles. The van der Waals surface area contributed by atoms with Gasteiger partial charge in [-0.1, -0.05) is 13.8 Å². The number of aliphatic carboxylic acids is 4. The van der Waals surface area contributed by atoms with E-state index in [0.717, 1.165) is 0 Å². The Hall–Kier alpha value is -5.38. The number of carbonyl (C=O) groups excluding carboxylic acids is 6. The Kier molecular flexibility index (Phi) is 19.9. The molecule has 0 saturated carbocycles. The minimum Gasteiger partial charge on any atom is -0.481 e. The molecule has 0 aliphatic heterocycles. The van der Waals surface area contributed by atoms with Gasteiger partial charge in [-0.25, -0.2) is 4.79 Å². The Labute approximate surface area is 285 Å². The lowest BCUT2D eigenvalue weighted by Crippen LogP contribution is -2.61. The van der Waals surface area contributed by atoms with Gasteiger partial charge in [0.1, 0.15) is 36.3 Å². The Morgan fingerprint density at radius 2 is 0.900 bits per heavy atom. The number of rotatable bonds is 24. The third-order valence-corrected chi connectivity index (χ3v) is 6.84. The minimum atomic E-state index is -1.76. The maximum Gasteiger partial charge on any atom is 0.326 e. The molecule has 0 unspecified atom stereocenters. The molecule has 0 aromatic rings. The standard InChI is InChI=1S/C28H45N7O15/c1-12(2)22(27(48)34-17(11-36)26(47)33-16(28(49)50)6-9-21(42)43)35-25(46)15(5-8-20(40)41)32-24(45)14(4-7-19(38)39)31-23(44)13(3)30-18(37)10-29/h12-17,22,36H,4-11,29H2,1-3H3,(H,30,37)(H,31,44)(H,32,45)(H,33,47)(H,34,48)(H,35,46)(H,38,39)(H,40,41)(H,42,43)(H,49,50)/t13-,14-,15-,16-,17-,22-/m0/s1. The molecule has 0 aromatic heterocycles. The lowest BCUT2D eigenvalue weighted by Gasteiger charge is -2.28. The van der Waals surface area contributed by atoms with Crippen LogP contribution in [-0.2, 0) is 47.9 Å². The summed E-state index contributed by atoms with van der Waals surface area (Å²) in [4.78, 5) is 121. The lowest BCUT2D eigenvalue weighted by atomic mass is 10.0. The fourth-order valence-electron chi connectivity index (χ4n) is 4.05. The predicted octanol–water partition coefficient (Wildman–Crippen LogP) is -4.80. The first kappa shape index (κ1) is 44.6. The first-order valence-electron chi connectivity index (χ1n) is 15.2. The van der Waals surface area contributed by atoms with Crippen LogP contribution in [0.25, 0.3) is 0 Å². The van der Waals surface area contributed by atoms with Crippen LogP contribution in [0, 0.1) is 5.92 Å². The van der Waals surface area contributed by atoms with Crippen LogP contribution >= 0.6 is 0 Å². The molecule has 282 valence electrons. The molecule has 50 heavy (non-hydrogen) atoms. The third kappa shape index (κ3) is 17.1. The Morgan fingerprint density at radius 3 is 1.30 bits per heavy atom. The maximum absolute atomic E-state index is 13.3. The highest BCUT2D eigenvalue weighted by molar-refractivity contribution is 5.97. The number of aliphatic hydroxyl groups excluding tert-OH is 1. The van der Waals surface area contributed by atoms with Gasteiger partial charge in [-0.05, 0) is 32.1 Å². The second-order valence-electron chi connectivity index (χ2n) is 11.3. The number of carboxylic acid groups (broad SMARTS) is 4. The summed E-state index contributed by atoms with van der Waals surface area (Å²) in [5.74, 6) is -12.5. The van der Waals surface area contributed by atoms with Crippen molar-refractivity contribution in [1.82, 2.24) is 31.9 Å². The van der Waals surface area contributed by atoms with Crippen molar-refractivity contribution in [2.75, 3.05) is 13.2 Å². The molecule has 6 amide bonds. The van der Waals surface area contributed by atoms with E-state index in [1.165, 1.54) is 20.8 Å². The molecule has 0 spiro atoms. The number of nitrogens with one attached hydrogen (secondary N) is 6. The molecule has 22 nitrogen and oxygen atoms in total. The first-order valence-corrected chi connectivity index (χ1v) is 15.2. The van der Waals surface area contributed by atoms with E-state index in [4.69, 9.17) is 15.9 Å². The van der Waals surface area contributed by atoms with Gasteiger partial charge in [-0.3, -0.25) is 43.2 Å². The number of hydrogen-bond donors (Lipinski definition) is 12. The normalized spacial score (nSPS) is 14.4. The van der Waals surface area contributed by atoms with E-state index in [9.17, 15) is 63.3 Å². The molecular weight excluding hydrogens is 674 g/mol. The first-order chi connectivity index (χ1) is 23.2. The fraction of sp³-hybridized carbons (Fsp3) is 0.643. The highest BCUT2D eigenvalue weighted by atomic mass is 16.4. The molecule has 0 saturated heterocycles. The molecule has 0 fully saturated rings. The zero-order valence-corrected chi connectivity index (χ0v) is 27.6. The van der Waals surface area contributed by atoms with Crippen molar-refractivity contribution in [2.24, 2.45) is 11.7 Å².